The molecule has 3 nitrogen and oxygen atoms in total. The van der Waals surface area contributed by atoms with Crippen LogP contribution in [0.5, 0.6) is 0 Å². The van der Waals surface area contributed by atoms with Crippen molar-refractivity contribution >= 4 is 23.4 Å². The summed E-state index contributed by atoms with van der Waals surface area (Å²) in [5.41, 5.74) is 9.20. The smallest absolute Gasteiger partial charge is 0.339 e. The molecule has 0 atom stereocenters. The number of nitrogen functional groups attached to an aromatic ring is 1. The van der Waals surface area contributed by atoms with E-state index < -0.39 is 5.97 Å². The number of carbonyl (C=O) groups is 1. The standard InChI is InChI=1S/C16H17NO2S/c1-11-5-3-4-6-12(11)10-20-13-7-8-15(17)14(9-13)16(18)19-2/h3-9H,10,17H2,1-2H3. The van der Waals surface area contributed by atoms with Gasteiger partial charge >= 0.3 is 5.97 Å². The molecule has 0 saturated carbocycles. The van der Waals surface area contributed by atoms with Gasteiger partial charge < -0.3 is 10.5 Å². The summed E-state index contributed by atoms with van der Waals surface area (Å²) >= 11 is 1.68. The first-order valence-electron chi connectivity index (χ1n) is 6.27. The average Bonchev–Trinajstić information content (AvgIpc) is 2.47. The number of hydrogen-bond acceptors (Lipinski definition) is 4. The van der Waals surface area contributed by atoms with Gasteiger partial charge in [0, 0.05) is 16.3 Å². The van der Waals surface area contributed by atoms with Crippen molar-refractivity contribution in [2.24, 2.45) is 0 Å². The van der Waals surface area contributed by atoms with E-state index in [0.29, 0.717) is 11.3 Å². The first kappa shape index (κ1) is 14.5. The van der Waals surface area contributed by atoms with Gasteiger partial charge in [-0.3, -0.25) is 0 Å². The van der Waals surface area contributed by atoms with E-state index in [4.69, 9.17) is 10.5 Å². The highest BCUT2D eigenvalue weighted by atomic mass is 32.2. The molecule has 20 heavy (non-hydrogen) atoms. The maximum Gasteiger partial charge on any atom is 0.339 e. The third kappa shape index (κ3) is 3.33. The molecule has 0 spiro atoms. The number of carbonyl (C=O) groups excluding carboxylic acids is 1. The maximum atomic E-state index is 11.6. The number of methoxy groups -OCH3 is 1. The molecule has 0 aromatic heterocycles. The molecule has 104 valence electrons. The van der Waals surface area contributed by atoms with Gasteiger partial charge in [0.05, 0.1) is 12.7 Å². The minimum absolute atomic E-state index is 0.402. The number of anilines is 1. The van der Waals surface area contributed by atoms with Crippen LogP contribution in [0.2, 0.25) is 0 Å². The second-order valence-corrected chi connectivity index (χ2v) is 5.50. The van der Waals surface area contributed by atoms with Crippen LogP contribution >= 0.6 is 11.8 Å². The van der Waals surface area contributed by atoms with Crippen LogP contribution in [0.25, 0.3) is 0 Å². The van der Waals surface area contributed by atoms with Crippen molar-refractivity contribution in [1.29, 1.82) is 0 Å². The summed E-state index contributed by atoms with van der Waals surface area (Å²) in [5, 5.41) is 0. The van der Waals surface area contributed by atoms with Crippen molar-refractivity contribution in [2.45, 2.75) is 17.6 Å². The van der Waals surface area contributed by atoms with Crippen LogP contribution in [0, 0.1) is 6.92 Å². The van der Waals surface area contributed by atoms with Crippen molar-refractivity contribution < 1.29 is 9.53 Å². The van der Waals surface area contributed by atoms with Gasteiger partial charge in [0.1, 0.15) is 0 Å². The van der Waals surface area contributed by atoms with Crippen molar-refractivity contribution in [2.75, 3.05) is 12.8 Å². The third-order valence-corrected chi connectivity index (χ3v) is 4.13. The molecular formula is C16H17NO2S. The third-order valence-electron chi connectivity index (χ3n) is 3.09. The van der Waals surface area contributed by atoms with Crippen LogP contribution in [0.3, 0.4) is 0 Å². The zero-order valence-electron chi connectivity index (χ0n) is 11.6. The fourth-order valence-corrected chi connectivity index (χ4v) is 2.86. The maximum absolute atomic E-state index is 11.6. The summed E-state index contributed by atoms with van der Waals surface area (Å²) in [4.78, 5) is 12.6. The quantitative estimate of drug-likeness (QED) is 0.530. The lowest BCUT2D eigenvalue weighted by molar-refractivity contribution is 0.0601. The lowest BCUT2D eigenvalue weighted by Crippen LogP contribution is -2.05. The topological polar surface area (TPSA) is 52.3 Å². The summed E-state index contributed by atoms with van der Waals surface area (Å²) in [6.07, 6.45) is 0. The number of benzene rings is 2. The first-order chi connectivity index (χ1) is 9.61. The Labute approximate surface area is 123 Å². The van der Waals surface area contributed by atoms with Crippen LogP contribution in [0.15, 0.2) is 47.4 Å². The number of esters is 1. The monoisotopic (exact) mass is 287 g/mol. The number of nitrogens with two attached hydrogens (primary N) is 1. The van der Waals surface area contributed by atoms with E-state index in [2.05, 4.69) is 19.1 Å². The predicted octanol–water partition coefficient (Wildman–Crippen LogP) is 3.66. The van der Waals surface area contributed by atoms with Crippen LogP contribution in [0.4, 0.5) is 5.69 Å². The second-order valence-electron chi connectivity index (χ2n) is 4.46. The molecule has 0 amide bonds. The highest BCUT2D eigenvalue weighted by molar-refractivity contribution is 7.98. The largest absolute Gasteiger partial charge is 0.465 e. The number of rotatable bonds is 4. The Balaban J connectivity index is 2.14. The van der Waals surface area contributed by atoms with Gasteiger partial charge in [-0.2, -0.15) is 0 Å². The lowest BCUT2D eigenvalue weighted by Gasteiger charge is -2.08. The Kier molecular flexibility index (Phi) is 4.69. The van der Waals surface area contributed by atoms with Gasteiger partial charge in [-0.15, -0.1) is 11.8 Å². The molecule has 0 unspecified atom stereocenters. The average molecular weight is 287 g/mol. The molecule has 2 aromatic rings. The van der Waals surface area contributed by atoms with Crippen molar-refractivity contribution in [3.8, 4) is 0 Å². The number of thioether (sulfide) groups is 1. The summed E-state index contributed by atoms with van der Waals surface area (Å²) in [7, 11) is 1.36. The number of hydrogen-bond donors (Lipinski definition) is 1. The summed E-state index contributed by atoms with van der Waals surface area (Å²) in [5.74, 6) is 0.456. The normalized spacial score (nSPS) is 10.3. The molecule has 0 aliphatic carbocycles. The van der Waals surface area contributed by atoms with E-state index in [1.807, 2.05) is 18.2 Å². The van der Waals surface area contributed by atoms with Gasteiger partial charge in [0.15, 0.2) is 0 Å². The number of aryl methyl sites for hydroxylation is 1. The highest BCUT2D eigenvalue weighted by Gasteiger charge is 2.11. The van der Waals surface area contributed by atoms with E-state index in [9.17, 15) is 4.79 Å². The zero-order valence-corrected chi connectivity index (χ0v) is 12.4. The molecule has 0 heterocycles. The van der Waals surface area contributed by atoms with E-state index >= 15 is 0 Å². The first-order valence-corrected chi connectivity index (χ1v) is 7.25. The van der Waals surface area contributed by atoms with Crippen LogP contribution in [-0.4, -0.2) is 13.1 Å². The molecular weight excluding hydrogens is 270 g/mol. The molecule has 0 aliphatic rings. The van der Waals surface area contributed by atoms with Crippen molar-refractivity contribution in [3.63, 3.8) is 0 Å². The van der Waals surface area contributed by atoms with E-state index in [0.717, 1.165) is 10.6 Å². The highest BCUT2D eigenvalue weighted by Crippen LogP contribution is 2.27. The van der Waals surface area contributed by atoms with Gasteiger partial charge in [-0.05, 0) is 36.2 Å². The molecule has 0 saturated heterocycles. The van der Waals surface area contributed by atoms with E-state index in [1.54, 1.807) is 23.9 Å². The minimum atomic E-state index is -0.402. The summed E-state index contributed by atoms with van der Waals surface area (Å²) in [6, 6.07) is 13.7. The Bertz CT molecular complexity index is 626. The van der Waals surface area contributed by atoms with Gasteiger partial charge in [-0.1, -0.05) is 24.3 Å². The molecule has 0 aliphatic heterocycles. The van der Waals surface area contributed by atoms with Crippen molar-refractivity contribution in [1.82, 2.24) is 0 Å². The van der Waals surface area contributed by atoms with Crippen LogP contribution in [0.1, 0.15) is 21.5 Å². The molecule has 2 aromatic carbocycles. The Hall–Kier alpha value is -1.94. The summed E-state index contributed by atoms with van der Waals surface area (Å²) in [6.45, 7) is 2.10. The number of ether oxygens (including phenoxy) is 1. The molecule has 2 rings (SSSR count). The molecule has 0 fully saturated rings. The fourth-order valence-electron chi connectivity index (χ4n) is 1.85. The Morgan fingerprint density at radius 2 is 2.00 bits per heavy atom. The lowest BCUT2D eigenvalue weighted by atomic mass is 10.1. The minimum Gasteiger partial charge on any atom is -0.465 e. The van der Waals surface area contributed by atoms with Crippen LogP contribution in [-0.2, 0) is 10.5 Å². The Morgan fingerprint density at radius 1 is 1.25 bits per heavy atom. The summed E-state index contributed by atoms with van der Waals surface area (Å²) < 4.78 is 4.73. The van der Waals surface area contributed by atoms with Gasteiger partial charge in [-0.25, -0.2) is 4.79 Å². The van der Waals surface area contributed by atoms with Crippen LogP contribution < -0.4 is 5.73 Å². The van der Waals surface area contributed by atoms with E-state index in [1.165, 1.54) is 18.2 Å². The van der Waals surface area contributed by atoms with E-state index in [-0.39, 0.29) is 0 Å². The molecule has 2 N–H and O–H groups in total. The zero-order chi connectivity index (χ0) is 14.5. The molecule has 0 radical (unpaired) electrons. The second kappa shape index (κ2) is 6.48. The molecule has 0 bridgehead atoms. The fraction of sp³-hybridized carbons (Fsp3) is 0.188. The van der Waals surface area contributed by atoms with Gasteiger partial charge in [0.2, 0.25) is 0 Å². The Morgan fingerprint density at radius 3 is 2.70 bits per heavy atom. The molecule has 4 heteroatoms. The SMILES string of the molecule is COC(=O)c1cc(SCc2ccccc2C)ccc1N. The van der Waals surface area contributed by atoms with Crippen molar-refractivity contribution in [3.05, 3.63) is 59.2 Å². The predicted molar refractivity (Wildman–Crippen MR) is 82.9 cm³/mol. The van der Waals surface area contributed by atoms with Gasteiger partial charge in [0.25, 0.3) is 0 Å².